The first-order chi connectivity index (χ1) is 6.20. The van der Waals surface area contributed by atoms with Crippen LogP contribution in [0.5, 0.6) is 0 Å². The summed E-state index contributed by atoms with van der Waals surface area (Å²) >= 11 is 12.8. The van der Waals surface area contributed by atoms with E-state index in [0.717, 1.165) is 9.58 Å². The van der Waals surface area contributed by atoms with E-state index in [1.54, 1.807) is 6.07 Å². The van der Waals surface area contributed by atoms with Gasteiger partial charge in [-0.15, -0.1) is 11.3 Å². The maximum Gasteiger partial charge on any atom is 0.224 e. The molecular formula is C7H4Cl2N2OS. The van der Waals surface area contributed by atoms with Gasteiger partial charge in [0.15, 0.2) is 5.15 Å². The van der Waals surface area contributed by atoms with Crippen molar-refractivity contribution in [1.82, 2.24) is 9.97 Å². The molecule has 68 valence electrons. The zero-order valence-corrected chi connectivity index (χ0v) is 8.62. The lowest BCUT2D eigenvalue weighted by Gasteiger charge is -1.91. The van der Waals surface area contributed by atoms with Gasteiger partial charge in [-0.3, -0.25) is 0 Å². The molecule has 0 unspecified atom stereocenters. The molecule has 0 radical (unpaired) electrons. The Labute approximate surface area is 88.0 Å². The molecule has 13 heavy (non-hydrogen) atoms. The Morgan fingerprint density at radius 3 is 2.85 bits per heavy atom. The summed E-state index contributed by atoms with van der Waals surface area (Å²) in [6.45, 7) is -0.0189. The number of halogens is 2. The van der Waals surface area contributed by atoms with Crippen LogP contribution >= 0.6 is 34.5 Å². The van der Waals surface area contributed by atoms with E-state index in [1.165, 1.54) is 11.3 Å². The SMILES string of the molecule is OCc1cc2nc(Cl)nc(Cl)c2s1. The number of rotatable bonds is 1. The van der Waals surface area contributed by atoms with E-state index in [4.69, 9.17) is 28.3 Å². The molecule has 2 aromatic heterocycles. The largest absolute Gasteiger partial charge is 0.391 e. The molecule has 2 aromatic rings. The topological polar surface area (TPSA) is 46.0 Å². The summed E-state index contributed by atoms with van der Waals surface area (Å²) < 4.78 is 0.759. The monoisotopic (exact) mass is 234 g/mol. The Bertz CT molecular complexity index is 457. The summed E-state index contributed by atoms with van der Waals surface area (Å²) in [5.74, 6) is 0. The Hall–Kier alpha value is -0.420. The van der Waals surface area contributed by atoms with Gasteiger partial charge in [0.05, 0.1) is 16.8 Å². The van der Waals surface area contributed by atoms with Crippen molar-refractivity contribution >= 4 is 44.8 Å². The maximum absolute atomic E-state index is 8.88. The predicted octanol–water partition coefficient (Wildman–Crippen LogP) is 2.49. The molecule has 0 aromatic carbocycles. The van der Waals surface area contributed by atoms with Crippen LogP contribution in [0.1, 0.15) is 4.88 Å². The predicted molar refractivity (Wildman–Crippen MR) is 53.4 cm³/mol. The molecule has 0 spiro atoms. The minimum Gasteiger partial charge on any atom is -0.391 e. The highest BCUT2D eigenvalue weighted by Gasteiger charge is 2.08. The normalized spacial score (nSPS) is 11.0. The first-order valence-electron chi connectivity index (χ1n) is 3.43. The highest BCUT2D eigenvalue weighted by atomic mass is 35.5. The number of thiophene rings is 1. The van der Waals surface area contributed by atoms with E-state index in [0.29, 0.717) is 10.7 Å². The van der Waals surface area contributed by atoms with Gasteiger partial charge >= 0.3 is 0 Å². The second-order valence-corrected chi connectivity index (χ2v) is 4.20. The van der Waals surface area contributed by atoms with Gasteiger partial charge in [-0.1, -0.05) is 11.6 Å². The lowest BCUT2D eigenvalue weighted by molar-refractivity contribution is 0.285. The smallest absolute Gasteiger partial charge is 0.224 e. The van der Waals surface area contributed by atoms with Gasteiger partial charge in [-0.25, -0.2) is 9.97 Å². The van der Waals surface area contributed by atoms with Crippen molar-refractivity contribution in [1.29, 1.82) is 0 Å². The van der Waals surface area contributed by atoms with E-state index < -0.39 is 0 Å². The lowest BCUT2D eigenvalue weighted by Crippen LogP contribution is -1.81. The van der Waals surface area contributed by atoms with Gasteiger partial charge in [-0.05, 0) is 17.7 Å². The van der Waals surface area contributed by atoms with E-state index >= 15 is 0 Å². The molecule has 3 nitrogen and oxygen atoms in total. The van der Waals surface area contributed by atoms with Gasteiger partial charge in [0.1, 0.15) is 0 Å². The summed E-state index contributed by atoms with van der Waals surface area (Å²) in [5.41, 5.74) is 0.680. The highest BCUT2D eigenvalue weighted by Crippen LogP contribution is 2.30. The van der Waals surface area contributed by atoms with Gasteiger partial charge in [-0.2, -0.15) is 0 Å². The Kier molecular flexibility index (Phi) is 2.38. The fourth-order valence-corrected chi connectivity index (χ4v) is 2.34. The van der Waals surface area contributed by atoms with Crippen molar-refractivity contribution < 1.29 is 5.11 Å². The average molecular weight is 235 g/mol. The van der Waals surface area contributed by atoms with E-state index in [2.05, 4.69) is 9.97 Å². The molecule has 6 heteroatoms. The minimum atomic E-state index is -0.0189. The summed E-state index contributed by atoms with van der Waals surface area (Å²) in [6, 6.07) is 1.75. The van der Waals surface area contributed by atoms with E-state index in [1.807, 2.05) is 0 Å². The molecule has 2 rings (SSSR count). The van der Waals surface area contributed by atoms with Crippen molar-refractivity contribution in [2.24, 2.45) is 0 Å². The molecule has 0 aliphatic rings. The molecule has 0 saturated heterocycles. The van der Waals surface area contributed by atoms with Crippen molar-refractivity contribution in [3.8, 4) is 0 Å². The number of aliphatic hydroxyl groups excluding tert-OH is 1. The summed E-state index contributed by atoms with van der Waals surface area (Å²) in [6.07, 6.45) is 0. The third-order valence-electron chi connectivity index (χ3n) is 1.51. The van der Waals surface area contributed by atoms with Gasteiger partial charge in [0.25, 0.3) is 0 Å². The van der Waals surface area contributed by atoms with E-state index in [9.17, 15) is 0 Å². The second-order valence-electron chi connectivity index (χ2n) is 2.37. The van der Waals surface area contributed by atoms with Crippen LogP contribution in [0.3, 0.4) is 0 Å². The molecule has 0 aliphatic carbocycles. The average Bonchev–Trinajstić information content (AvgIpc) is 2.47. The van der Waals surface area contributed by atoms with Crippen LogP contribution in [-0.4, -0.2) is 15.1 Å². The molecule has 0 fully saturated rings. The van der Waals surface area contributed by atoms with Crippen LogP contribution in [-0.2, 0) is 6.61 Å². The summed E-state index contributed by atoms with van der Waals surface area (Å²) in [7, 11) is 0. The number of hydrogen-bond donors (Lipinski definition) is 1. The molecular weight excluding hydrogens is 231 g/mol. The molecule has 0 atom stereocenters. The molecule has 0 aliphatic heterocycles. The van der Waals surface area contributed by atoms with Crippen molar-refractivity contribution in [2.45, 2.75) is 6.61 Å². The lowest BCUT2D eigenvalue weighted by atomic mass is 10.4. The quantitative estimate of drug-likeness (QED) is 0.610. The second kappa shape index (κ2) is 3.38. The summed E-state index contributed by atoms with van der Waals surface area (Å²) in [4.78, 5) is 8.57. The number of aromatic nitrogens is 2. The van der Waals surface area contributed by atoms with Crippen molar-refractivity contribution in [2.75, 3.05) is 0 Å². The van der Waals surface area contributed by atoms with Crippen LogP contribution in [0.15, 0.2) is 6.07 Å². The zero-order valence-electron chi connectivity index (χ0n) is 6.29. The molecule has 1 N–H and O–H groups in total. The fourth-order valence-electron chi connectivity index (χ4n) is 0.996. The Morgan fingerprint density at radius 1 is 1.38 bits per heavy atom. The van der Waals surface area contributed by atoms with Crippen LogP contribution in [0, 0.1) is 0 Å². The fraction of sp³-hybridized carbons (Fsp3) is 0.143. The minimum absolute atomic E-state index is 0.0189. The van der Waals surface area contributed by atoms with Crippen molar-refractivity contribution in [3.63, 3.8) is 0 Å². The van der Waals surface area contributed by atoms with Gasteiger partial charge in [0.2, 0.25) is 5.28 Å². The van der Waals surface area contributed by atoms with E-state index in [-0.39, 0.29) is 11.9 Å². The standard InChI is InChI=1S/C7H4Cl2N2OS/c8-6-5-4(10-7(9)11-6)1-3(2-12)13-5/h1,12H,2H2. The van der Waals surface area contributed by atoms with Crippen LogP contribution < -0.4 is 0 Å². The summed E-state index contributed by atoms with van der Waals surface area (Å²) in [5, 5.41) is 9.34. The number of aliphatic hydroxyl groups is 1. The number of hydrogen-bond acceptors (Lipinski definition) is 4. The van der Waals surface area contributed by atoms with Crippen LogP contribution in [0.2, 0.25) is 10.4 Å². The van der Waals surface area contributed by atoms with Crippen LogP contribution in [0.25, 0.3) is 10.2 Å². The third kappa shape index (κ3) is 1.62. The Balaban J connectivity index is 2.75. The third-order valence-corrected chi connectivity index (χ3v) is 3.18. The molecule has 0 saturated carbocycles. The molecule has 2 heterocycles. The van der Waals surface area contributed by atoms with Crippen molar-refractivity contribution in [3.05, 3.63) is 21.4 Å². The zero-order chi connectivity index (χ0) is 9.42. The first kappa shape index (κ1) is 9.15. The Morgan fingerprint density at radius 2 is 2.15 bits per heavy atom. The number of nitrogens with zero attached hydrogens (tertiary/aromatic N) is 2. The van der Waals surface area contributed by atoms with Crippen LogP contribution in [0.4, 0.5) is 0 Å². The highest BCUT2D eigenvalue weighted by molar-refractivity contribution is 7.19. The van der Waals surface area contributed by atoms with Gasteiger partial charge < -0.3 is 5.11 Å². The molecule has 0 amide bonds. The number of fused-ring (bicyclic) bond motifs is 1. The van der Waals surface area contributed by atoms with Gasteiger partial charge in [0, 0.05) is 4.88 Å². The maximum atomic E-state index is 8.88. The first-order valence-corrected chi connectivity index (χ1v) is 5.00. The molecule has 0 bridgehead atoms.